The SMILES string of the molecule is CNCc1cccnc1N1CC(O)C1.Cc1c(SN2CCN=C(/C=C\N)C2)cc(C=O)n1C. The molecule has 10 heteroatoms. The van der Waals surface area contributed by atoms with Crippen LogP contribution in [-0.2, 0) is 13.6 Å². The molecular formula is C23H33N7O2S. The number of β-amino-alcohol motifs (C(OH)–C–C–N with tert-alkyl or cyclic N) is 1. The van der Waals surface area contributed by atoms with Crippen LogP contribution in [0.15, 0.2) is 46.6 Å². The first-order valence-electron chi connectivity index (χ1n) is 10.9. The Morgan fingerprint density at radius 2 is 2.18 bits per heavy atom. The smallest absolute Gasteiger partial charge is 0.166 e. The van der Waals surface area contributed by atoms with E-state index in [2.05, 4.69) is 30.6 Å². The molecule has 0 aromatic carbocycles. The number of nitrogens with zero attached hydrogens (tertiary/aromatic N) is 5. The van der Waals surface area contributed by atoms with E-state index in [9.17, 15) is 9.90 Å². The van der Waals surface area contributed by atoms with Crippen LogP contribution < -0.4 is 16.0 Å². The highest BCUT2D eigenvalue weighted by Gasteiger charge is 2.26. The second-order valence-electron chi connectivity index (χ2n) is 7.96. The molecule has 2 aliphatic heterocycles. The Kier molecular flexibility index (Phi) is 9.07. The number of anilines is 1. The van der Waals surface area contributed by atoms with Crippen LogP contribution in [0.5, 0.6) is 0 Å². The zero-order valence-electron chi connectivity index (χ0n) is 19.4. The van der Waals surface area contributed by atoms with E-state index in [4.69, 9.17) is 5.73 Å². The van der Waals surface area contributed by atoms with E-state index in [1.165, 1.54) is 11.8 Å². The van der Waals surface area contributed by atoms with Gasteiger partial charge in [0, 0.05) is 55.6 Å². The number of aromatic nitrogens is 2. The molecule has 1 saturated heterocycles. The zero-order valence-corrected chi connectivity index (χ0v) is 20.3. The van der Waals surface area contributed by atoms with Gasteiger partial charge in [-0.3, -0.25) is 9.79 Å². The van der Waals surface area contributed by atoms with Gasteiger partial charge in [-0.2, -0.15) is 0 Å². The Bertz CT molecular complexity index is 999. The maximum Gasteiger partial charge on any atom is 0.166 e. The average molecular weight is 472 g/mol. The first kappa shape index (κ1) is 25.0. The molecular weight excluding hydrogens is 438 g/mol. The van der Waals surface area contributed by atoms with Crippen LogP contribution in [0.2, 0.25) is 0 Å². The van der Waals surface area contributed by atoms with Gasteiger partial charge in [0.05, 0.1) is 30.6 Å². The van der Waals surface area contributed by atoms with Crippen molar-refractivity contribution in [3.63, 3.8) is 0 Å². The van der Waals surface area contributed by atoms with Crippen LogP contribution in [0.4, 0.5) is 5.82 Å². The van der Waals surface area contributed by atoms with Gasteiger partial charge >= 0.3 is 0 Å². The highest BCUT2D eigenvalue weighted by atomic mass is 32.2. The zero-order chi connectivity index (χ0) is 23.8. The average Bonchev–Trinajstić information content (AvgIpc) is 3.06. The van der Waals surface area contributed by atoms with Gasteiger partial charge in [0.15, 0.2) is 6.29 Å². The number of aldehydes is 1. The lowest BCUT2D eigenvalue weighted by molar-refractivity contribution is 0.111. The second kappa shape index (κ2) is 12.0. The minimum atomic E-state index is -0.181. The van der Waals surface area contributed by atoms with E-state index >= 15 is 0 Å². The van der Waals surface area contributed by atoms with Crippen LogP contribution in [0, 0.1) is 6.92 Å². The van der Waals surface area contributed by atoms with E-state index < -0.39 is 0 Å². The van der Waals surface area contributed by atoms with Crippen LogP contribution >= 0.6 is 11.9 Å². The summed E-state index contributed by atoms with van der Waals surface area (Å²) in [5, 5.41) is 12.3. The molecule has 0 amide bonds. The van der Waals surface area contributed by atoms with Gasteiger partial charge in [-0.1, -0.05) is 6.07 Å². The Labute approximate surface area is 199 Å². The summed E-state index contributed by atoms with van der Waals surface area (Å²) in [6.07, 6.45) is 5.85. The number of carbonyl (C=O) groups is 1. The molecule has 0 radical (unpaired) electrons. The summed E-state index contributed by atoms with van der Waals surface area (Å²) in [6, 6.07) is 5.92. The molecule has 4 N–H and O–H groups in total. The summed E-state index contributed by atoms with van der Waals surface area (Å²) in [5.41, 5.74) is 9.37. The summed E-state index contributed by atoms with van der Waals surface area (Å²) < 4.78 is 4.15. The van der Waals surface area contributed by atoms with Crippen molar-refractivity contribution in [2.24, 2.45) is 17.8 Å². The Morgan fingerprint density at radius 3 is 2.82 bits per heavy atom. The molecule has 0 saturated carbocycles. The molecule has 2 aliphatic rings. The first-order chi connectivity index (χ1) is 16.0. The molecule has 0 atom stereocenters. The fraction of sp³-hybridized carbons (Fsp3) is 0.435. The van der Waals surface area contributed by atoms with Crippen LogP contribution in [-0.4, -0.2) is 76.8 Å². The number of aliphatic hydroxyl groups excluding tert-OH is 1. The fourth-order valence-electron chi connectivity index (χ4n) is 3.62. The molecule has 2 aromatic rings. The van der Waals surface area contributed by atoms with Gasteiger partial charge in [-0.15, -0.1) is 0 Å². The van der Waals surface area contributed by atoms with Gasteiger partial charge in [-0.05, 0) is 50.3 Å². The van der Waals surface area contributed by atoms with E-state index in [0.29, 0.717) is 18.8 Å². The number of hydrogen-bond donors (Lipinski definition) is 3. The van der Waals surface area contributed by atoms with Crippen molar-refractivity contribution in [2.75, 3.05) is 44.7 Å². The molecule has 1 fully saturated rings. The molecule has 0 bridgehead atoms. The first-order valence-corrected chi connectivity index (χ1v) is 11.7. The third-order valence-electron chi connectivity index (χ3n) is 5.56. The van der Waals surface area contributed by atoms with E-state index in [-0.39, 0.29) is 6.10 Å². The van der Waals surface area contributed by atoms with E-state index in [1.54, 1.807) is 18.1 Å². The second-order valence-corrected chi connectivity index (χ2v) is 9.10. The highest BCUT2D eigenvalue weighted by Crippen LogP contribution is 2.28. The van der Waals surface area contributed by atoms with Crippen molar-refractivity contribution in [1.29, 1.82) is 0 Å². The number of carbonyl (C=O) groups excluding carboxylic acids is 1. The lowest BCUT2D eigenvalue weighted by Crippen LogP contribution is -2.51. The molecule has 2 aromatic heterocycles. The Balaban J connectivity index is 0.000000194. The molecule has 0 aliphatic carbocycles. The lowest BCUT2D eigenvalue weighted by Gasteiger charge is -2.37. The maximum atomic E-state index is 10.9. The van der Waals surface area contributed by atoms with Gasteiger partial charge in [0.2, 0.25) is 0 Å². The van der Waals surface area contributed by atoms with Crippen LogP contribution in [0.3, 0.4) is 0 Å². The maximum absolute atomic E-state index is 10.9. The van der Waals surface area contributed by atoms with Gasteiger partial charge in [-0.25, -0.2) is 9.29 Å². The van der Waals surface area contributed by atoms with Crippen molar-refractivity contribution < 1.29 is 9.90 Å². The molecule has 9 nitrogen and oxygen atoms in total. The van der Waals surface area contributed by atoms with Crippen LogP contribution in [0.25, 0.3) is 0 Å². The largest absolute Gasteiger partial charge is 0.405 e. The van der Waals surface area contributed by atoms with Crippen LogP contribution in [0.1, 0.15) is 21.7 Å². The van der Waals surface area contributed by atoms with E-state index in [0.717, 1.165) is 54.6 Å². The predicted octanol–water partition coefficient (Wildman–Crippen LogP) is 1.36. The van der Waals surface area contributed by atoms with Gasteiger partial charge < -0.3 is 25.6 Å². The third-order valence-corrected chi connectivity index (χ3v) is 6.74. The van der Waals surface area contributed by atoms with Gasteiger partial charge in [0.1, 0.15) is 5.82 Å². The number of pyridine rings is 1. The van der Waals surface area contributed by atoms with E-state index in [1.807, 2.05) is 43.8 Å². The topological polar surface area (TPSA) is 112 Å². The molecule has 4 rings (SSSR count). The molecule has 178 valence electrons. The third kappa shape index (κ3) is 6.44. The standard InChI is InChI=1S/C13H18N4OS.C10H15N3O/c1-10-13(7-12(9-18)16(10)2)19-17-6-5-15-11(8-17)3-4-14;1-11-5-8-3-2-4-12-10(8)13-6-9(14)7-13/h3-4,7,9H,5-6,8,14H2,1-2H3;2-4,9,11,14H,5-7H2,1H3/b4-3-;. The summed E-state index contributed by atoms with van der Waals surface area (Å²) in [7, 11) is 3.82. The summed E-state index contributed by atoms with van der Waals surface area (Å²) in [5.74, 6) is 0.993. The minimum absolute atomic E-state index is 0.181. The molecule has 33 heavy (non-hydrogen) atoms. The normalized spacial score (nSPS) is 16.8. The quantitative estimate of drug-likeness (QED) is 0.410. The summed E-state index contributed by atoms with van der Waals surface area (Å²) >= 11 is 1.67. The number of nitrogens with one attached hydrogen (secondary N) is 1. The summed E-state index contributed by atoms with van der Waals surface area (Å²) in [6.45, 7) is 6.69. The van der Waals surface area contributed by atoms with Crippen molar-refractivity contribution in [3.05, 3.63) is 53.6 Å². The number of aliphatic hydroxyl groups is 1. The number of hydrogen-bond acceptors (Lipinski definition) is 9. The minimum Gasteiger partial charge on any atom is -0.405 e. The number of nitrogens with two attached hydrogens (primary N) is 1. The predicted molar refractivity (Wildman–Crippen MR) is 134 cm³/mol. The molecule has 0 unspecified atom stereocenters. The molecule has 0 spiro atoms. The lowest BCUT2D eigenvalue weighted by atomic mass is 10.1. The Hall–Kier alpha value is -2.66. The Morgan fingerprint density at radius 1 is 1.39 bits per heavy atom. The number of rotatable bonds is 7. The molecule has 4 heterocycles. The number of aliphatic imine (C=N–C) groups is 1. The monoisotopic (exact) mass is 471 g/mol. The van der Waals surface area contributed by atoms with Crippen molar-refractivity contribution in [3.8, 4) is 0 Å². The summed E-state index contributed by atoms with van der Waals surface area (Å²) in [4.78, 5) is 22.9. The fourth-order valence-corrected chi connectivity index (χ4v) is 4.71. The van der Waals surface area contributed by atoms with Gasteiger partial charge in [0.25, 0.3) is 0 Å². The van der Waals surface area contributed by atoms with Crippen molar-refractivity contribution in [2.45, 2.75) is 24.5 Å². The van der Waals surface area contributed by atoms with Crippen molar-refractivity contribution >= 4 is 29.8 Å². The van der Waals surface area contributed by atoms with Crippen molar-refractivity contribution in [1.82, 2.24) is 19.2 Å². The highest BCUT2D eigenvalue weighted by molar-refractivity contribution is 7.97.